The normalized spacial score (nSPS) is 11.9. The Bertz CT molecular complexity index is 863. The monoisotopic (exact) mass is 354 g/mol. The number of nitrogens with two attached hydrogens (primary N) is 1. The summed E-state index contributed by atoms with van der Waals surface area (Å²) in [5.41, 5.74) is 2.83. The van der Waals surface area contributed by atoms with E-state index in [1.165, 1.54) is 23.5 Å². The fraction of sp³-hybridized carbons (Fsp3) is 0.167. The number of esters is 1. The zero-order valence-corrected chi connectivity index (χ0v) is 14.7. The van der Waals surface area contributed by atoms with E-state index in [9.17, 15) is 4.79 Å². The highest BCUT2D eigenvalue weighted by atomic mass is 32.2. The van der Waals surface area contributed by atoms with Crippen LogP contribution in [0.3, 0.4) is 0 Å². The van der Waals surface area contributed by atoms with Crippen LogP contribution in [0.2, 0.25) is 0 Å². The molecule has 0 aliphatic rings. The number of hydrogen-bond acceptors (Lipinski definition) is 6. The Morgan fingerprint density at radius 1 is 1.12 bits per heavy atom. The summed E-state index contributed by atoms with van der Waals surface area (Å²) in [7, 11) is 1.36. The summed E-state index contributed by atoms with van der Waals surface area (Å²) in [4.78, 5) is 12.2. The quantitative estimate of drug-likeness (QED) is 0.431. The maximum atomic E-state index is 12.2. The van der Waals surface area contributed by atoms with Crippen LogP contribution in [-0.4, -0.2) is 28.0 Å². The van der Waals surface area contributed by atoms with Crippen LogP contribution in [0.1, 0.15) is 16.4 Å². The molecule has 6 nitrogen and oxygen atoms in total. The molecule has 25 heavy (non-hydrogen) atoms. The van der Waals surface area contributed by atoms with E-state index in [1.807, 2.05) is 61.5 Å². The third-order valence-corrected chi connectivity index (χ3v) is 4.90. The van der Waals surface area contributed by atoms with E-state index in [4.69, 9.17) is 10.6 Å². The highest BCUT2D eigenvalue weighted by Crippen LogP contribution is 2.35. The number of methoxy groups -OCH3 is 1. The van der Waals surface area contributed by atoms with Gasteiger partial charge in [-0.15, -0.1) is 10.2 Å². The molecule has 0 aliphatic heterocycles. The molecule has 0 fully saturated rings. The lowest BCUT2D eigenvalue weighted by atomic mass is 10.1. The Morgan fingerprint density at radius 2 is 1.80 bits per heavy atom. The molecule has 7 heteroatoms. The number of carbonyl (C=O) groups excluding carboxylic acids is 1. The largest absolute Gasteiger partial charge is 0.468 e. The first kappa shape index (κ1) is 17.0. The number of carbonyl (C=O) groups is 1. The van der Waals surface area contributed by atoms with Gasteiger partial charge in [0.25, 0.3) is 0 Å². The van der Waals surface area contributed by atoms with Crippen molar-refractivity contribution in [1.29, 1.82) is 0 Å². The summed E-state index contributed by atoms with van der Waals surface area (Å²) in [6, 6.07) is 17.2. The molecule has 3 rings (SSSR count). The van der Waals surface area contributed by atoms with Crippen molar-refractivity contribution in [3.63, 3.8) is 0 Å². The number of thioether (sulfide) groups is 1. The van der Waals surface area contributed by atoms with Crippen LogP contribution >= 0.6 is 11.8 Å². The van der Waals surface area contributed by atoms with Crippen LogP contribution in [0.15, 0.2) is 59.8 Å². The van der Waals surface area contributed by atoms with Gasteiger partial charge < -0.3 is 10.6 Å². The second-order valence-electron chi connectivity index (χ2n) is 5.47. The van der Waals surface area contributed by atoms with E-state index in [1.54, 1.807) is 0 Å². The number of benzene rings is 2. The average Bonchev–Trinajstić information content (AvgIpc) is 3.01. The van der Waals surface area contributed by atoms with Crippen molar-refractivity contribution in [1.82, 2.24) is 14.9 Å². The highest BCUT2D eigenvalue weighted by Gasteiger charge is 2.26. The van der Waals surface area contributed by atoms with Gasteiger partial charge in [-0.2, -0.15) is 0 Å². The predicted molar refractivity (Wildman–Crippen MR) is 97.4 cm³/mol. The van der Waals surface area contributed by atoms with Gasteiger partial charge in [-0.1, -0.05) is 71.9 Å². The lowest BCUT2D eigenvalue weighted by Gasteiger charge is -2.14. The number of hydrogen-bond donors (Lipinski definition) is 1. The van der Waals surface area contributed by atoms with Gasteiger partial charge in [-0.3, -0.25) is 4.79 Å². The molecular weight excluding hydrogens is 336 g/mol. The van der Waals surface area contributed by atoms with E-state index in [0.717, 1.165) is 16.7 Å². The molecule has 0 amide bonds. The number of ether oxygens (including phenoxy) is 1. The first-order valence-electron chi connectivity index (χ1n) is 7.67. The molecule has 2 N–H and O–H groups in total. The zero-order chi connectivity index (χ0) is 17.8. The SMILES string of the molecule is COC(=O)C(Sc1nnc(-c2ccc(C)cc2)n1N)c1ccccc1. The Balaban J connectivity index is 1.91. The summed E-state index contributed by atoms with van der Waals surface area (Å²) < 4.78 is 6.32. The fourth-order valence-electron chi connectivity index (χ4n) is 2.35. The van der Waals surface area contributed by atoms with E-state index >= 15 is 0 Å². The second kappa shape index (κ2) is 7.40. The van der Waals surface area contributed by atoms with Crippen molar-refractivity contribution in [2.75, 3.05) is 13.0 Å². The summed E-state index contributed by atoms with van der Waals surface area (Å²) in [6.45, 7) is 2.01. The summed E-state index contributed by atoms with van der Waals surface area (Å²) in [6.07, 6.45) is 0. The van der Waals surface area contributed by atoms with Crippen LogP contribution < -0.4 is 5.84 Å². The topological polar surface area (TPSA) is 83.0 Å². The molecule has 1 aromatic heterocycles. The molecular formula is C18H18N4O2S. The van der Waals surface area contributed by atoms with Crippen LogP contribution in [-0.2, 0) is 9.53 Å². The molecule has 1 atom stereocenters. The molecule has 2 aromatic carbocycles. The van der Waals surface area contributed by atoms with E-state index in [-0.39, 0.29) is 5.97 Å². The van der Waals surface area contributed by atoms with Crippen molar-refractivity contribution in [2.45, 2.75) is 17.3 Å². The number of aryl methyl sites for hydroxylation is 1. The second-order valence-corrected chi connectivity index (χ2v) is 6.55. The molecule has 0 bridgehead atoms. The van der Waals surface area contributed by atoms with Crippen molar-refractivity contribution in [3.05, 3.63) is 65.7 Å². The van der Waals surface area contributed by atoms with Crippen LogP contribution in [0, 0.1) is 6.92 Å². The number of nitrogen functional groups attached to an aromatic ring is 1. The van der Waals surface area contributed by atoms with Crippen LogP contribution in [0.5, 0.6) is 0 Å². The minimum atomic E-state index is -0.566. The molecule has 0 saturated heterocycles. The molecule has 1 unspecified atom stereocenters. The fourth-order valence-corrected chi connectivity index (χ4v) is 3.33. The van der Waals surface area contributed by atoms with Gasteiger partial charge >= 0.3 is 5.97 Å². The van der Waals surface area contributed by atoms with E-state index < -0.39 is 5.25 Å². The summed E-state index contributed by atoms with van der Waals surface area (Å²) in [5, 5.41) is 8.18. The Morgan fingerprint density at radius 3 is 2.44 bits per heavy atom. The first-order chi connectivity index (χ1) is 12.1. The number of rotatable bonds is 5. The van der Waals surface area contributed by atoms with E-state index in [0.29, 0.717) is 11.0 Å². The molecule has 0 saturated carbocycles. The molecule has 1 heterocycles. The number of aromatic nitrogens is 3. The highest BCUT2D eigenvalue weighted by molar-refractivity contribution is 8.00. The van der Waals surface area contributed by atoms with Gasteiger partial charge in [-0.05, 0) is 12.5 Å². The summed E-state index contributed by atoms with van der Waals surface area (Å²) >= 11 is 1.21. The van der Waals surface area contributed by atoms with Crippen molar-refractivity contribution in [3.8, 4) is 11.4 Å². The average molecular weight is 354 g/mol. The number of nitrogens with zero attached hydrogens (tertiary/aromatic N) is 3. The zero-order valence-electron chi connectivity index (χ0n) is 13.9. The maximum absolute atomic E-state index is 12.2. The minimum absolute atomic E-state index is 0.365. The molecule has 0 aliphatic carbocycles. The third kappa shape index (κ3) is 3.66. The van der Waals surface area contributed by atoms with Gasteiger partial charge in [0.2, 0.25) is 5.16 Å². The van der Waals surface area contributed by atoms with Gasteiger partial charge in [-0.25, -0.2) is 4.68 Å². The first-order valence-corrected chi connectivity index (χ1v) is 8.55. The molecule has 128 valence electrons. The molecule has 0 radical (unpaired) electrons. The van der Waals surface area contributed by atoms with Crippen molar-refractivity contribution < 1.29 is 9.53 Å². The van der Waals surface area contributed by atoms with Gasteiger partial charge in [0, 0.05) is 5.56 Å². The van der Waals surface area contributed by atoms with E-state index in [2.05, 4.69) is 10.2 Å². The predicted octanol–water partition coefficient (Wildman–Crippen LogP) is 2.97. The van der Waals surface area contributed by atoms with Crippen molar-refractivity contribution in [2.24, 2.45) is 0 Å². The van der Waals surface area contributed by atoms with Gasteiger partial charge in [0.05, 0.1) is 7.11 Å². The Labute approximate surface area is 150 Å². The summed E-state index contributed by atoms with van der Waals surface area (Å²) in [5.74, 6) is 6.34. The standard InChI is InChI=1S/C18H18N4O2S/c1-12-8-10-14(11-9-12)16-20-21-18(22(16)19)25-15(17(23)24-2)13-6-4-3-5-7-13/h3-11,15H,19H2,1-2H3. The van der Waals surface area contributed by atoms with Crippen molar-refractivity contribution >= 4 is 17.7 Å². The van der Waals surface area contributed by atoms with Crippen LogP contribution in [0.25, 0.3) is 11.4 Å². The molecule has 3 aromatic rings. The third-order valence-electron chi connectivity index (χ3n) is 3.72. The Kier molecular flexibility index (Phi) is 5.04. The van der Waals surface area contributed by atoms with Gasteiger partial charge in [0.1, 0.15) is 5.25 Å². The lowest BCUT2D eigenvalue weighted by Crippen LogP contribution is -2.15. The minimum Gasteiger partial charge on any atom is -0.468 e. The molecule has 0 spiro atoms. The smallest absolute Gasteiger partial charge is 0.323 e. The Hall–Kier alpha value is -2.80. The lowest BCUT2D eigenvalue weighted by molar-refractivity contribution is -0.140. The van der Waals surface area contributed by atoms with Gasteiger partial charge in [0.15, 0.2) is 5.82 Å². The maximum Gasteiger partial charge on any atom is 0.323 e. The van der Waals surface area contributed by atoms with Crippen LogP contribution in [0.4, 0.5) is 0 Å².